The van der Waals surface area contributed by atoms with E-state index in [2.05, 4.69) is 18.7 Å². The summed E-state index contributed by atoms with van der Waals surface area (Å²) in [5.74, 6) is -0.438. The van der Waals surface area contributed by atoms with Crippen LogP contribution in [-0.4, -0.2) is 37.1 Å². The highest BCUT2D eigenvalue weighted by molar-refractivity contribution is 4.90. The van der Waals surface area contributed by atoms with Gasteiger partial charge in [-0.25, -0.2) is 0 Å². The summed E-state index contributed by atoms with van der Waals surface area (Å²) in [5.41, 5.74) is 0.216. The van der Waals surface area contributed by atoms with E-state index < -0.39 is 5.91 Å². The Bertz CT molecular complexity index is 185. The summed E-state index contributed by atoms with van der Waals surface area (Å²) in [5, 5.41) is 0. The Labute approximate surface area is 73.6 Å². The van der Waals surface area contributed by atoms with Crippen LogP contribution in [0.4, 0.5) is 0 Å². The third kappa shape index (κ3) is 1.08. The zero-order chi connectivity index (χ0) is 8.82. The highest BCUT2D eigenvalue weighted by Gasteiger charge is 2.50. The second-order valence-electron chi connectivity index (χ2n) is 4.30. The van der Waals surface area contributed by atoms with Crippen LogP contribution in [0.25, 0.3) is 0 Å². The first-order chi connectivity index (χ1) is 5.58. The number of nitrogens with zero attached hydrogens (tertiary/aromatic N) is 1. The molecule has 3 nitrogen and oxygen atoms in total. The molecule has 0 N–H and O–H groups in total. The van der Waals surface area contributed by atoms with E-state index in [0.29, 0.717) is 0 Å². The van der Waals surface area contributed by atoms with Crippen LogP contribution in [0.15, 0.2) is 0 Å². The van der Waals surface area contributed by atoms with Crippen molar-refractivity contribution < 1.29 is 9.47 Å². The molecule has 2 bridgehead atoms. The van der Waals surface area contributed by atoms with Gasteiger partial charge in [-0.2, -0.15) is 0 Å². The van der Waals surface area contributed by atoms with Gasteiger partial charge < -0.3 is 9.47 Å². The first kappa shape index (κ1) is 8.48. The van der Waals surface area contributed by atoms with Gasteiger partial charge in [-0.05, 0) is 0 Å². The van der Waals surface area contributed by atoms with Gasteiger partial charge in [0.15, 0.2) is 0 Å². The minimum absolute atomic E-state index is 0.216. The SMILES string of the molecule is CCN1CC2(C)COC1(C)OC2. The molecular formula is C9H17NO2. The quantitative estimate of drug-likeness (QED) is 0.588. The summed E-state index contributed by atoms with van der Waals surface area (Å²) >= 11 is 0. The summed E-state index contributed by atoms with van der Waals surface area (Å²) in [4.78, 5) is 2.25. The zero-order valence-corrected chi connectivity index (χ0v) is 8.09. The van der Waals surface area contributed by atoms with Crippen LogP contribution in [0.2, 0.25) is 0 Å². The molecule has 0 spiro atoms. The molecule has 0 aromatic rings. The lowest BCUT2D eigenvalue weighted by atomic mass is 9.88. The maximum Gasteiger partial charge on any atom is 0.227 e. The molecule has 70 valence electrons. The number of rotatable bonds is 1. The van der Waals surface area contributed by atoms with Gasteiger partial charge in [0.05, 0.1) is 13.2 Å². The van der Waals surface area contributed by atoms with Gasteiger partial charge in [0.25, 0.3) is 0 Å². The van der Waals surface area contributed by atoms with Crippen molar-refractivity contribution in [1.82, 2.24) is 4.90 Å². The van der Waals surface area contributed by atoms with E-state index in [4.69, 9.17) is 9.47 Å². The van der Waals surface area contributed by atoms with E-state index in [1.807, 2.05) is 6.92 Å². The molecule has 3 heteroatoms. The van der Waals surface area contributed by atoms with Gasteiger partial charge in [0.1, 0.15) is 0 Å². The molecule has 0 radical (unpaired) electrons. The molecule has 0 amide bonds. The predicted octanol–water partition coefficient (Wildman–Crippen LogP) is 1.05. The van der Waals surface area contributed by atoms with E-state index in [0.717, 1.165) is 26.3 Å². The Morgan fingerprint density at radius 1 is 1.25 bits per heavy atom. The average Bonchev–Trinajstić information content (AvgIpc) is 2.07. The van der Waals surface area contributed by atoms with Crippen molar-refractivity contribution in [2.45, 2.75) is 26.7 Å². The molecule has 3 heterocycles. The van der Waals surface area contributed by atoms with E-state index in [9.17, 15) is 0 Å². The van der Waals surface area contributed by atoms with Gasteiger partial charge in [0, 0.05) is 25.4 Å². The lowest BCUT2D eigenvalue weighted by Crippen LogP contribution is -2.66. The molecule has 0 aliphatic carbocycles. The Balaban J connectivity index is 2.19. The van der Waals surface area contributed by atoms with E-state index in [-0.39, 0.29) is 5.41 Å². The molecule has 0 aromatic heterocycles. The first-order valence-corrected chi connectivity index (χ1v) is 4.61. The van der Waals surface area contributed by atoms with Crippen molar-refractivity contribution in [3.63, 3.8) is 0 Å². The van der Waals surface area contributed by atoms with Crippen molar-refractivity contribution in [3.8, 4) is 0 Å². The van der Waals surface area contributed by atoms with Gasteiger partial charge >= 0.3 is 0 Å². The van der Waals surface area contributed by atoms with Crippen molar-refractivity contribution in [2.75, 3.05) is 26.3 Å². The van der Waals surface area contributed by atoms with Gasteiger partial charge in [0.2, 0.25) is 5.91 Å². The van der Waals surface area contributed by atoms with Crippen LogP contribution in [0.3, 0.4) is 0 Å². The monoisotopic (exact) mass is 171 g/mol. The molecule has 0 unspecified atom stereocenters. The summed E-state index contributed by atoms with van der Waals surface area (Å²) in [7, 11) is 0. The van der Waals surface area contributed by atoms with Crippen LogP contribution >= 0.6 is 0 Å². The van der Waals surface area contributed by atoms with Crippen LogP contribution in [-0.2, 0) is 9.47 Å². The minimum Gasteiger partial charge on any atom is -0.337 e. The van der Waals surface area contributed by atoms with Gasteiger partial charge in [-0.15, -0.1) is 0 Å². The smallest absolute Gasteiger partial charge is 0.227 e. The number of hydrogen-bond donors (Lipinski definition) is 0. The highest BCUT2D eigenvalue weighted by atomic mass is 16.7. The second-order valence-corrected chi connectivity index (χ2v) is 4.30. The molecule has 12 heavy (non-hydrogen) atoms. The predicted molar refractivity (Wildman–Crippen MR) is 45.7 cm³/mol. The fourth-order valence-corrected chi connectivity index (χ4v) is 1.98. The third-order valence-electron chi connectivity index (χ3n) is 2.91. The average molecular weight is 171 g/mol. The summed E-state index contributed by atoms with van der Waals surface area (Å²) in [6.07, 6.45) is 0. The fraction of sp³-hybridized carbons (Fsp3) is 1.00. The molecule has 0 saturated carbocycles. The zero-order valence-electron chi connectivity index (χ0n) is 8.09. The minimum atomic E-state index is -0.438. The summed E-state index contributed by atoms with van der Waals surface area (Å²) in [6, 6.07) is 0. The van der Waals surface area contributed by atoms with Crippen molar-refractivity contribution in [2.24, 2.45) is 5.41 Å². The maximum atomic E-state index is 5.67. The van der Waals surface area contributed by atoms with Crippen LogP contribution < -0.4 is 0 Å². The molecule has 3 rings (SSSR count). The maximum absolute atomic E-state index is 5.67. The number of hydrogen-bond acceptors (Lipinski definition) is 3. The Morgan fingerprint density at radius 3 is 2.25 bits per heavy atom. The first-order valence-electron chi connectivity index (χ1n) is 4.61. The van der Waals surface area contributed by atoms with E-state index in [1.54, 1.807) is 0 Å². The Hall–Kier alpha value is -0.120. The molecule has 0 aromatic carbocycles. The van der Waals surface area contributed by atoms with E-state index in [1.165, 1.54) is 0 Å². The summed E-state index contributed by atoms with van der Waals surface area (Å²) < 4.78 is 11.3. The largest absolute Gasteiger partial charge is 0.337 e. The lowest BCUT2D eigenvalue weighted by Gasteiger charge is -2.55. The van der Waals surface area contributed by atoms with Crippen LogP contribution in [0.5, 0.6) is 0 Å². The van der Waals surface area contributed by atoms with Gasteiger partial charge in [-0.1, -0.05) is 13.8 Å². The van der Waals surface area contributed by atoms with E-state index >= 15 is 0 Å². The molecule has 3 aliphatic heterocycles. The molecule has 0 atom stereocenters. The summed E-state index contributed by atoms with van der Waals surface area (Å²) in [6.45, 7) is 10.1. The standard InChI is InChI=1S/C9H17NO2/c1-4-10-5-8(2)6-11-9(10,3)12-7-8/h4-7H2,1-3H3. The van der Waals surface area contributed by atoms with Crippen LogP contribution in [0.1, 0.15) is 20.8 Å². The highest BCUT2D eigenvalue weighted by Crippen LogP contribution is 2.39. The molecule has 3 aliphatic rings. The van der Waals surface area contributed by atoms with Crippen molar-refractivity contribution >= 4 is 0 Å². The second kappa shape index (κ2) is 2.44. The number of ether oxygens (including phenoxy) is 2. The van der Waals surface area contributed by atoms with Gasteiger partial charge in [-0.3, -0.25) is 4.90 Å². The molecular weight excluding hydrogens is 154 g/mol. The normalized spacial score (nSPS) is 48.2. The van der Waals surface area contributed by atoms with Crippen molar-refractivity contribution in [1.29, 1.82) is 0 Å². The van der Waals surface area contributed by atoms with Crippen molar-refractivity contribution in [3.05, 3.63) is 0 Å². The lowest BCUT2D eigenvalue weighted by molar-refractivity contribution is -0.397. The topological polar surface area (TPSA) is 21.7 Å². The molecule has 3 fully saturated rings. The fourth-order valence-electron chi connectivity index (χ4n) is 1.98. The number of fused-ring (bicyclic) bond motifs is 3. The Kier molecular flexibility index (Phi) is 1.72. The third-order valence-corrected chi connectivity index (χ3v) is 2.91. The molecule has 3 saturated heterocycles. The Morgan fingerprint density at radius 2 is 1.83 bits per heavy atom. The van der Waals surface area contributed by atoms with Crippen LogP contribution in [0, 0.1) is 5.41 Å².